The molecule has 1 aliphatic heterocycles. The number of imidazole rings is 1. The Morgan fingerprint density at radius 1 is 1.28 bits per heavy atom. The first kappa shape index (κ1) is 15.5. The van der Waals surface area contributed by atoms with E-state index in [1.165, 1.54) is 4.57 Å². The summed E-state index contributed by atoms with van der Waals surface area (Å²) in [6, 6.07) is 7.72. The minimum atomic E-state index is -0.464. The summed E-state index contributed by atoms with van der Waals surface area (Å²) < 4.78 is 8.58. The van der Waals surface area contributed by atoms with Crippen LogP contribution in [0.4, 0.5) is 11.6 Å². The molecule has 0 unspecified atom stereocenters. The van der Waals surface area contributed by atoms with Crippen LogP contribution >= 0.6 is 0 Å². The van der Waals surface area contributed by atoms with Crippen LogP contribution in [0.15, 0.2) is 33.9 Å². The molecule has 3 aromatic rings. The van der Waals surface area contributed by atoms with E-state index in [9.17, 15) is 9.59 Å². The first-order valence-corrected chi connectivity index (χ1v) is 8.10. The molecule has 25 heavy (non-hydrogen) atoms. The second-order valence-corrected chi connectivity index (χ2v) is 6.43. The fourth-order valence-electron chi connectivity index (χ4n) is 3.36. The Bertz CT molecular complexity index is 1080. The molecule has 1 atom stereocenters. The lowest BCUT2D eigenvalue weighted by Crippen LogP contribution is -2.35. The van der Waals surface area contributed by atoms with E-state index in [1.807, 2.05) is 28.8 Å². The summed E-state index contributed by atoms with van der Waals surface area (Å²) in [5.41, 5.74) is 0.886. The highest BCUT2D eigenvalue weighted by atomic mass is 16.5. The molecule has 8 nitrogen and oxygen atoms in total. The van der Waals surface area contributed by atoms with Crippen LogP contribution in [0.1, 0.15) is 6.92 Å². The van der Waals surface area contributed by atoms with E-state index in [1.54, 1.807) is 14.2 Å². The number of benzene rings is 1. The number of anilines is 2. The van der Waals surface area contributed by atoms with Crippen molar-refractivity contribution in [2.45, 2.75) is 13.5 Å². The number of aromatic nitrogens is 4. The van der Waals surface area contributed by atoms with Crippen LogP contribution in [-0.4, -0.2) is 32.8 Å². The highest BCUT2D eigenvalue weighted by molar-refractivity contribution is 5.77. The van der Waals surface area contributed by atoms with E-state index in [0.717, 1.165) is 18.0 Å². The predicted octanol–water partition coefficient (Wildman–Crippen LogP) is 1.22. The molecular weight excluding hydrogens is 322 g/mol. The quantitative estimate of drug-likeness (QED) is 0.757. The normalized spacial score (nSPS) is 16.9. The van der Waals surface area contributed by atoms with Gasteiger partial charge in [-0.1, -0.05) is 13.0 Å². The molecule has 1 N–H and O–H groups in total. The van der Waals surface area contributed by atoms with Crippen molar-refractivity contribution in [2.24, 2.45) is 13.0 Å². The van der Waals surface area contributed by atoms with Gasteiger partial charge in [-0.15, -0.1) is 0 Å². The summed E-state index contributed by atoms with van der Waals surface area (Å²) in [6.07, 6.45) is 0. The largest absolute Gasteiger partial charge is 0.497 e. The zero-order valence-corrected chi connectivity index (χ0v) is 14.3. The molecule has 4 rings (SSSR count). The molecule has 1 aliphatic rings. The molecular formula is C17H19N5O3. The van der Waals surface area contributed by atoms with Crippen molar-refractivity contribution < 1.29 is 4.74 Å². The third-order valence-electron chi connectivity index (χ3n) is 4.58. The predicted molar refractivity (Wildman–Crippen MR) is 94.8 cm³/mol. The van der Waals surface area contributed by atoms with E-state index in [2.05, 4.69) is 21.8 Å². The van der Waals surface area contributed by atoms with Crippen molar-refractivity contribution in [3.8, 4) is 5.75 Å². The Morgan fingerprint density at radius 3 is 2.84 bits per heavy atom. The molecule has 0 saturated carbocycles. The standard InChI is InChI=1S/C17H19N5O3/c1-10-8-21(11-5-4-6-12(7-11)25-3)16-18-14-13(22(16)9-10)15(23)19-17(24)20(14)2/h4-7,10H,8-9H2,1-3H3,(H,19,23,24)/t10-/m0/s1. The van der Waals surface area contributed by atoms with E-state index >= 15 is 0 Å². The van der Waals surface area contributed by atoms with Crippen LogP contribution < -0.4 is 20.9 Å². The van der Waals surface area contributed by atoms with Gasteiger partial charge in [0.15, 0.2) is 11.2 Å². The fraction of sp³-hybridized carbons (Fsp3) is 0.353. The third-order valence-corrected chi connectivity index (χ3v) is 4.58. The molecule has 3 heterocycles. The Balaban J connectivity index is 1.99. The summed E-state index contributed by atoms with van der Waals surface area (Å²) in [6.45, 7) is 3.56. The number of rotatable bonds is 2. The van der Waals surface area contributed by atoms with Crippen LogP contribution in [0.25, 0.3) is 11.2 Å². The van der Waals surface area contributed by atoms with Crippen LogP contribution in [-0.2, 0) is 13.6 Å². The summed E-state index contributed by atoms with van der Waals surface area (Å²) >= 11 is 0. The topological polar surface area (TPSA) is 85.2 Å². The van der Waals surface area contributed by atoms with Gasteiger partial charge < -0.3 is 14.2 Å². The smallest absolute Gasteiger partial charge is 0.329 e. The summed E-state index contributed by atoms with van der Waals surface area (Å²) in [5.74, 6) is 1.73. The second-order valence-electron chi connectivity index (χ2n) is 6.43. The molecule has 2 aromatic heterocycles. The number of hydrogen-bond acceptors (Lipinski definition) is 5. The zero-order valence-electron chi connectivity index (χ0n) is 14.3. The lowest BCUT2D eigenvalue weighted by atomic mass is 10.1. The summed E-state index contributed by atoms with van der Waals surface area (Å²) in [7, 11) is 3.24. The molecule has 0 radical (unpaired) electrons. The first-order chi connectivity index (χ1) is 12.0. The van der Waals surface area contributed by atoms with E-state index in [4.69, 9.17) is 4.74 Å². The average Bonchev–Trinajstić information content (AvgIpc) is 2.99. The molecule has 0 spiro atoms. The fourth-order valence-corrected chi connectivity index (χ4v) is 3.36. The number of nitrogens with zero attached hydrogens (tertiary/aromatic N) is 4. The summed E-state index contributed by atoms with van der Waals surface area (Å²) in [5, 5.41) is 0. The van der Waals surface area contributed by atoms with Crippen molar-refractivity contribution in [3.05, 3.63) is 45.1 Å². The Kier molecular flexibility index (Phi) is 3.41. The van der Waals surface area contributed by atoms with Gasteiger partial charge in [0.25, 0.3) is 5.56 Å². The number of aromatic amines is 1. The number of ether oxygens (including phenoxy) is 1. The van der Waals surface area contributed by atoms with Crippen molar-refractivity contribution >= 4 is 22.8 Å². The SMILES string of the molecule is COc1cccc(N2C[C@H](C)Cn3c2nc2c3c(=O)[nH]c(=O)n2C)c1. The van der Waals surface area contributed by atoms with Gasteiger partial charge in [0, 0.05) is 31.9 Å². The number of methoxy groups -OCH3 is 1. The molecule has 0 amide bonds. The van der Waals surface area contributed by atoms with Gasteiger partial charge in [-0.3, -0.25) is 14.3 Å². The third kappa shape index (κ3) is 2.33. The Hall–Kier alpha value is -3.03. The summed E-state index contributed by atoms with van der Waals surface area (Å²) in [4.78, 5) is 33.3. The number of fused-ring (bicyclic) bond motifs is 3. The van der Waals surface area contributed by atoms with Gasteiger partial charge in [-0.25, -0.2) is 4.79 Å². The molecule has 0 bridgehead atoms. The molecule has 0 fully saturated rings. The van der Waals surface area contributed by atoms with Crippen molar-refractivity contribution in [2.75, 3.05) is 18.6 Å². The minimum Gasteiger partial charge on any atom is -0.497 e. The van der Waals surface area contributed by atoms with Gasteiger partial charge in [0.2, 0.25) is 5.95 Å². The van der Waals surface area contributed by atoms with Crippen molar-refractivity contribution in [1.82, 2.24) is 19.1 Å². The lowest BCUT2D eigenvalue weighted by Gasteiger charge is -2.33. The maximum absolute atomic E-state index is 12.4. The average molecular weight is 341 g/mol. The Labute approximate surface area is 143 Å². The maximum Gasteiger partial charge on any atom is 0.329 e. The van der Waals surface area contributed by atoms with E-state index in [0.29, 0.717) is 29.6 Å². The van der Waals surface area contributed by atoms with Gasteiger partial charge >= 0.3 is 5.69 Å². The van der Waals surface area contributed by atoms with E-state index in [-0.39, 0.29) is 0 Å². The van der Waals surface area contributed by atoms with Crippen molar-refractivity contribution in [3.63, 3.8) is 0 Å². The van der Waals surface area contributed by atoms with Crippen LogP contribution in [0.5, 0.6) is 5.75 Å². The molecule has 0 aliphatic carbocycles. The first-order valence-electron chi connectivity index (χ1n) is 8.10. The monoisotopic (exact) mass is 341 g/mol. The van der Waals surface area contributed by atoms with Crippen molar-refractivity contribution in [1.29, 1.82) is 0 Å². The van der Waals surface area contributed by atoms with Gasteiger partial charge in [0.05, 0.1) is 7.11 Å². The van der Waals surface area contributed by atoms with Gasteiger partial charge in [-0.05, 0) is 18.1 Å². The highest BCUT2D eigenvalue weighted by Gasteiger charge is 2.29. The maximum atomic E-state index is 12.4. The van der Waals surface area contributed by atoms with E-state index < -0.39 is 11.2 Å². The minimum absolute atomic E-state index is 0.313. The molecule has 0 saturated heterocycles. The van der Waals surface area contributed by atoms with Crippen LogP contribution in [0.2, 0.25) is 0 Å². The number of hydrogen-bond donors (Lipinski definition) is 1. The number of nitrogens with one attached hydrogen (secondary N) is 1. The zero-order chi connectivity index (χ0) is 17.7. The van der Waals surface area contributed by atoms with Crippen LogP contribution in [0, 0.1) is 5.92 Å². The second kappa shape index (κ2) is 5.51. The van der Waals surface area contributed by atoms with Crippen LogP contribution in [0.3, 0.4) is 0 Å². The van der Waals surface area contributed by atoms with Gasteiger partial charge in [-0.2, -0.15) is 4.98 Å². The lowest BCUT2D eigenvalue weighted by molar-refractivity contribution is 0.414. The molecule has 8 heteroatoms. The number of H-pyrrole nitrogens is 1. The molecule has 1 aromatic carbocycles. The number of aryl methyl sites for hydroxylation is 1. The Morgan fingerprint density at radius 2 is 2.08 bits per heavy atom. The highest BCUT2D eigenvalue weighted by Crippen LogP contribution is 2.33. The van der Waals surface area contributed by atoms with Gasteiger partial charge in [0.1, 0.15) is 5.75 Å². The molecule has 130 valence electrons.